The van der Waals surface area contributed by atoms with Crippen LogP contribution >= 0.6 is 0 Å². The maximum atomic E-state index is 11.2. The normalized spacial score (nSPS) is 22.5. The highest BCUT2D eigenvalue weighted by molar-refractivity contribution is 7.87. The first-order valence-electron chi connectivity index (χ1n) is 3.62. The van der Waals surface area contributed by atoms with Crippen LogP contribution in [0.4, 0.5) is 0 Å². The molecular formula is C6H9NO5S. The Morgan fingerprint density at radius 3 is 2.62 bits per heavy atom. The van der Waals surface area contributed by atoms with Gasteiger partial charge in [-0.15, -0.1) is 0 Å². The van der Waals surface area contributed by atoms with Gasteiger partial charge in [-0.2, -0.15) is 8.42 Å². The maximum Gasteiger partial charge on any atom is 0.319 e. The van der Waals surface area contributed by atoms with Gasteiger partial charge < -0.3 is 9.50 Å². The van der Waals surface area contributed by atoms with E-state index in [-0.39, 0.29) is 18.9 Å². The Labute approximate surface area is 75.4 Å². The smallest absolute Gasteiger partial charge is 0.319 e. The SMILES string of the molecule is CC(=O)OS(=O)(=O)[C@H]1CNC(=O)C1. The van der Waals surface area contributed by atoms with Crippen LogP contribution in [0.5, 0.6) is 0 Å². The molecule has 1 aliphatic heterocycles. The van der Waals surface area contributed by atoms with Crippen molar-refractivity contribution in [3.63, 3.8) is 0 Å². The minimum Gasteiger partial charge on any atom is -0.355 e. The quantitative estimate of drug-likeness (QED) is 0.572. The van der Waals surface area contributed by atoms with E-state index in [9.17, 15) is 18.0 Å². The molecule has 0 unspecified atom stereocenters. The van der Waals surface area contributed by atoms with E-state index in [1.54, 1.807) is 0 Å². The molecule has 0 aromatic rings. The molecular weight excluding hydrogens is 198 g/mol. The monoisotopic (exact) mass is 207 g/mol. The Morgan fingerprint density at radius 2 is 2.23 bits per heavy atom. The number of hydrogen-bond donors (Lipinski definition) is 1. The van der Waals surface area contributed by atoms with Crippen LogP contribution in [0.1, 0.15) is 13.3 Å². The van der Waals surface area contributed by atoms with E-state index < -0.39 is 21.3 Å². The summed E-state index contributed by atoms with van der Waals surface area (Å²) in [4.78, 5) is 21.1. The Morgan fingerprint density at radius 1 is 1.62 bits per heavy atom. The van der Waals surface area contributed by atoms with Crippen molar-refractivity contribution in [1.82, 2.24) is 5.32 Å². The maximum absolute atomic E-state index is 11.2. The van der Waals surface area contributed by atoms with Gasteiger partial charge in [-0.25, -0.2) is 0 Å². The van der Waals surface area contributed by atoms with Gasteiger partial charge in [-0.05, 0) is 0 Å². The number of nitrogens with one attached hydrogen (secondary N) is 1. The molecule has 0 spiro atoms. The van der Waals surface area contributed by atoms with Gasteiger partial charge in [-0.1, -0.05) is 0 Å². The van der Waals surface area contributed by atoms with Gasteiger partial charge in [0.15, 0.2) is 0 Å². The standard InChI is InChI=1S/C6H9NO5S/c1-4(8)12-13(10,11)5-2-6(9)7-3-5/h5H,2-3H2,1H3,(H,7,9)/t5-/m1/s1. The van der Waals surface area contributed by atoms with Crippen LogP contribution in [-0.4, -0.2) is 32.1 Å². The molecule has 1 N–H and O–H groups in total. The van der Waals surface area contributed by atoms with E-state index in [0.717, 1.165) is 6.92 Å². The van der Waals surface area contributed by atoms with Crippen LogP contribution in [0.3, 0.4) is 0 Å². The Balaban J connectivity index is 2.71. The first-order valence-corrected chi connectivity index (χ1v) is 5.09. The molecule has 1 atom stereocenters. The molecule has 1 saturated heterocycles. The highest BCUT2D eigenvalue weighted by Gasteiger charge is 2.35. The fraction of sp³-hybridized carbons (Fsp3) is 0.667. The molecule has 0 aliphatic carbocycles. The molecule has 1 fully saturated rings. The average Bonchev–Trinajstić information content (AvgIpc) is 2.32. The fourth-order valence-corrected chi connectivity index (χ4v) is 2.12. The van der Waals surface area contributed by atoms with E-state index in [1.807, 2.05) is 0 Å². The third-order valence-corrected chi connectivity index (χ3v) is 3.20. The Bertz CT molecular complexity index is 333. The third-order valence-electron chi connectivity index (χ3n) is 1.58. The molecule has 1 amide bonds. The highest BCUT2D eigenvalue weighted by Crippen LogP contribution is 2.12. The lowest BCUT2D eigenvalue weighted by atomic mass is 10.4. The van der Waals surface area contributed by atoms with Crippen molar-refractivity contribution in [3.05, 3.63) is 0 Å². The van der Waals surface area contributed by atoms with E-state index in [1.165, 1.54) is 0 Å². The van der Waals surface area contributed by atoms with Gasteiger partial charge in [0.2, 0.25) is 5.91 Å². The van der Waals surface area contributed by atoms with Crippen molar-refractivity contribution in [2.45, 2.75) is 18.6 Å². The van der Waals surface area contributed by atoms with Crippen LogP contribution in [0, 0.1) is 0 Å². The van der Waals surface area contributed by atoms with Gasteiger partial charge in [-0.3, -0.25) is 9.59 Å². The van der Waals surface area contributed by atoms with Gasteiger partial charge in [0.25, 0.3) is 0 Å². The summed E-state index contributed by atoms with van der Waals surface area (Å²) in [6.45, 7) is 1.01. The molecule has 0 aromatic heterocycles. The number of carbonyl (C=O) groups excluding carboxylic acids is 2. The molecule has 0 radical (unpaired) electrons. The van der Waals surface area contributed by atoms with E-state index in [0.29, 0.717) is 0 Å². The molecule has 74 valence electrons. The van der Waals surface area contributed by atoms with Crippen LogP contribution in [0.15, 0.2) is 0 Å². The summed E-state index contributed by atoms with van der Waals surface area (Å²) < 4.78 is 26.4. The fourth-order valence-electron chi connectivity index (χ4n) is 1.01. The number of amides is 1. The lowest BCUT2D eigenvalue weighted by Crippen LogP contribution is -2.27. The van der Waals surface area contributed by atoms with E-state index >= 15 is 0 Å². The largest absolute Gasteiger partial charge is 0.355 e. The van der Waals surface area contributed by atoms with Crippen molar-refractivity contribution < 1.29 is 22.2 Å². The topological polar surface area (TPSA) is 89.5 Å². The summed E-state index contributed by atoms with van der Waals surface area (Å²) >= 11 is 0. The van der Waals surface area contributed by atoms with Crippen LogP contribution in [0.2, 0.25) is 0 Å². The number of carbonyl (C=O) groups is 2. The summed E-state index contributed by atoms with van der Waals surface area (Å²) in [6.07, 6.45) is -0.143. The molecule has 1 aliphatic rings. The minimum atomic E-state index is -3.93. The van der Waals surface area contributed by atoms with Crippen molar-refractivity contribution >= 4 is 22.0 Å². The second-order valence-corrected chi connectivity index (χ2v) is 4.52. The third kappa shape index (κ3) is 2.41. The molecule has 13 heavy (non-hydrogen) atoms. The van der Waals surface area contributed by atoms with Crippen molar-refractivity contribution in [2.24, 2.45) is 0 Å². The second-order valence-electron chi connectivity index (χ2n) is 2.70. The lowest BCUT2D eigenvalue weighted by Gasteiger charge is -2.07. The predicted octanol–water partition coefficient (Wildman–Crippen LogP) is -1.23. The van der Waals surface area contributed by atoms with Crippen molar-refractivity contribution in [2.75, 3.05) is 6.54 Å². The summed E-state index contributed by atoms with van der Waals surface area (Å²) in [5, 5.41) is 1.40. The van der Waals surface area contributed by atoms with Gasteiger partial charge in [0.05, 0.1) is 0 Å². The first kappa shape index (κ1) is 9.97. The van der Waals surface area contributed by atoms with Gasteiger partial charge in [0.1, 0.15) is 5.25 Å². The molecule has 6 nitrogen and oxygen atoms in total. The van der Waals surface area contributed by atoms with E-state index in [4.69, 9.17) is 0 Å². The average molecular weight is 207 g/mol. The summed E-state index contributed by atoms with van der Waals surface area (Å²) in [6, 6.07) is 0. The molecule has 0 saturated carbocycles. The Hall–Kier alpha value is -1.11. The zero-order valence-electron chi connectivity index (χ0n) is 6.94. The van der Waals surface area contributed by atoms with Crippen molar-refractivity contribution in [1.29, 1.82) is 0 Å². The zero-order valence-corrected chi connectivity index (χ0v) is 7.76. The number of rotatable bonds is 2. The van der Waals surface area contributed by atoms with Crippen molar-refractivity contribution in [3.8, 4) is 0 Å². The first-order chi connectivity index (χ1) is 5.92. The molecule has 0 aromatic carbocycles. The lowest BCUT2D eigenvalue weighted by molar-refractivity contribution is -0.131. The van der Waals surface area contributed by atoms with Gasteiger partial charge >= 0.3 is 16.1 Å². The second kappa shape index (κ2) is 3.33. The molecule has 1 heterocycles. The van der Waals surface area contributed by atoms with Gasteiger partial charge in [0, 0.05) is 19.9 Å². The molecule has 7 heteroatoms. The predicted molar refractivity (Wildman–Crippen MR) is 42.1 cm³/mol. The van der Waals surface area contributed by atoms with Crippen LogP contribution in [0.25, 0.3) is 0 Å². The summed E-state index contributed by atoms with van der Waals surface area (Å²) in [5.41, 5.74) is 0. The zero-order chi connectivity index (χ0) is 10.1. The summed E-state index contributed by atoms with van der Waals surface area (Å²) in [5.74, 6) is -1.24. The van der Waals surface area contributed by atoms with E-state index in [2.05, 4.69) is 9.50 Å². The van der Waals surface area contributed by atoms with Crippen LogP contribution < -0.4 is 5.32 Å². The molecule has 1 rings (SSSR count). The minimum absolute atomic E-state index is 0.00838. The summed E-state index contributed by atoms with van der Waals surface area (Å²) in [7, 11) is -3.93. The highest BCUT2D eigenvalue weighted by atomic mass is 32.2. The Kier molecular flexibility index (Phi) is 2.55. The molecule has 0 bridgehead atoms. The number of hydrogen-bond acceptors (Lipinski definition) is 5. The van der Waals surface area contributed by atoms with Crippen LogP contribution in [-0.2, 0) is 23.9 Å².